The SMILES string of the molecule is CON(C(=O)c1cn(C)nc1C(F)(F)F)C(C)Cc1c(Cl)sc(C)c1Cl. The molecule has 0 N–H and O–H groups in total. The number of hydrogen-bond donors (Lipinski definition) is 0. The molecule has 144 valence electrons. The van der Waals surface area contributed by atoms with Crippen LogP contribution >= 0.6 is 34.5 Å². The van der Waals surface area contributed by atoms with Crippen LogP contribution in [0.1, 0.15) is 33.4 Å². The standard InChI is InChI=1S/C15H16Cl2F3N3O2S/c1-7(5-9-11(16)8(2)26-13(9)17)23(25-4)14(24)10-6-22(3)21-12(10)15(18,19)20/h6-7H,5H2,1-4H3. The number of aromatic nitrogens is 2. The predicted molar refractivity (Wildman–Crippen MR) is 93.6 cm³/mol. The van der Waals surface area contributed by atoms with Crippen LogP contribution in [0, 0.1) is 6.92 Å². The number of nitrogens with zero attached hydrogens (tertiary/aromatic N) is 3. The largest absolute Gasteiger partial charge is 0.435 e. The van der Waals surface area contributed by atoms with Crippen molar-refractivity contribution in [2.45, 2.75) is 32.5 Å². The van der Waals surface area contributed by atoms with E-state index in [1.807, 2.05) is 0 Å². The van der Waals surface area contributed by atoms with Gasteiger partial charge < -0.3 is 0 Å². The zero-order valence-electron chi connectivity index (χ0n) is 14.3. The number of hydroxylamine groups is 2. The molecule has 0 aliphatic heterocycles. The maximum absolute atomic E-state index is 13.1. The average Bonchev–Trinajstić information content (AvgIpc) is 3.03. The summed E-state index contributed by atoms with van der Waals surface area (Å²) in [6, 6.07) is -0.613. The van der Waals surface area contributed by atoms with Crippen molar-refractivity contribution in [2.75, 3.05) is 7.11 Å². The Morgan fingerprint density at radius 1 is 1.46 bits per heavy atom. The fraction of sp³-hybridized carbons (Fsp3) is 0.467. The van der Waals surface area contributed by atoms with Crippen LogP contribution < -0.4 is 0 Å². The van der Waals surface area contributed by atoms with Crippen molar-refractivity contribution < 1.29 is 22.8 Å². The zero-order valence-corrected chi connectivity index (χ0v) is 16.6. The van der Waals surface area contributed by atoms with Gasteiger partial charge in [-0.15, -0.1) is 11.3 Å². The minimum atomic E-state index is -4.76. The molecule has 0 aliphatic carbocycles. The summed E-state index contributed by atoms with van der Waals surface area (Å²) in [7, 11) is 2.51. The quantitative estimate of drug-likeness (QED) is 0.644. The highest BCUT2D eigenvalue weighted by atomic mass is 35.5. The summed E-state index contributed by atoms with van der Waals surface area (Å²) >= 11 is 13.7. The van der Waals surface area contributed by atoms with Gasteiger partial charge in [-0.2, -0.15) is 18.3 Å². The van der Waals surface area contributed by atoms with Crippen LogP contribution in [0.4, 0.5) is 13.2 Å². The first-order valence-electron chi connectivity index (χ1n) is 7.39. The first kappa shape index (κ1) is 21.0. The third-order valence-corrected chi connectivity index (χ3v) is 5.70. The number of alkyl halides is 3. The highest BCUT2D eigenvalue weighted by Gasteiger charge is 2.40. The third kappa shape index (κ3) is 4.16. The molecule has 2 rings (SSSR count). The van der Waals surface area contributed by atoms with Gasteiger partial charge in [0, 0.05) is 23.7 Å². The fourth-order valence-electron chi connectivity index (χ4n) is 2.52. The Bertz CT molecular complexity index is 820. The minimum absolute atomic E-state index is 0.225. The van der Waals surface area contributed by atoms with E-state index in [0.29, 0.717) is 14.9 Å². The van der Waals surface area contributed by atoms with E-state index in [9.17, 15) is 18.0 Å². The van der Waals surface area contributed by atoms with Crippen molar-refractivity contribution in [3.05, 3.63) is 37.3 Å². The summed E-state index contributed by atoms with van der Waals surface area (Å²) in [6.07, 6.45) is -3.52. The number of hydrogen-bond acceptors (Lipinski definition) is 4. The van der Waals surface area contributed by atoms with Crippen LogP contribution in [0.3, 0.4) is 0 Å². The van der Waals surface area contributed by atoms with Crippen LogP contribution in [0.5, 0.6) is 0 Å². The second kappa shape index (κ2) is 7.75. The Morgan fingerprint density at radius 2 is 2.08 bits per heavy atom. The van der Waals surface area contributed by atoms with Crippen molar-refractivity contribution in [2.24, 2.45) is 7.05 Å². The van der Waals surface area contributed by atoms with Gasteiger partial charge in [-0.25, -0.2) is 5.06 Å². The van der Waals surface area contributed by atoms with Gasteiger partial charge in [0.2, 0.25) is 0 Å². The highest BCUT2D eigenvalue weighted by molar-refractivity contribution is 7.17. The molecule has 2 aromatic rings. The molecular weight excluding hydrogens is 414 g/mol. The molecule has 0 fully saturated rings. The zero-order chi connectivity index (χ0) is 19.8. The second-order valence-corrected chi connectivity index (χ2v) is 7.86. The van der Waals surface area contributed by atoms with Gasteiger partial charge in [-0.1, -0.05) is 23.2 Å². The molecule has 11 heteroatoms. The second-order valence-electron chi connectivity index (χ2n) is 5.65. The Labute approximate surface area is 162 Å². The molecule has 0 spiro atoms. The molecule has 1 unspecified atom stereocenters. The molecule has 26 heavy (non-hydrogen) atoms. The monoisotopic (exact) mass is 429 g/mol. The Balaban J connectivity index is 2.32. The van der Waals surface area contributed by atoms with Gasteiger partial charge >= 0.3 is 6.18 Å². The van der Waals surface area contributed by atoms with Gasteiger partial charge in [0.1, 0.15) is 0 Å². The van der Waals surface area contributed by atoms with Gasteiger partial charge in [0.15, 0.2) is 5.69 Å². The molecule has 0 radical (unpaired) electrons. The summed E-state index contributed by atoms with van der Waals surface area (Å²) in [6.45, 7) is 3.43. The van der Waals surface area contributed by atoms with Crippen molar-refractivity contribution in [3.8, 4) is 0 Å². The van der Waals surface area contributed by atoms with Crippen LogP contribution in [0.25, 0.3) is 0 Å². The molecule has 0 aliphatic rings. The lowest BCUT2D eigenvalue weighted by Gasteiger charge is -2.26. The first-order valence-corrected chi connectivity index (χ1v) is 8.96. The van der Waals surface area contributed by atoms with E-state index in [2.05, 4.69) is 5.10 Å². The third-order valence-electron chi connectivity index (χ3n) is 3.68. The van der Waals surface area contributed by atoms with Crippen molar-refractivity contribution in [1.82, 2.24) is 14.8 Å². The molecule has 0 saturated heterocycles. The van der Waals surface area contributed by atoms with Gasteiger partial charge in [0.25, 0.3) is 5.91 Å². The number of carbonyl (C=O) groups is 1. The number of rotatable bonds is 5. The van der Waals surface area contributed by atoms with Crippen LogP contribution in [-0.4, -0.2) is 33.9 Å². The van der Waals surface area contributed by atoms with Crippen molar-refractivity contribution in [1.29, 1.82) is 0 Å². The highest BCUT2D eigenvalue weighted by Crippen LogP contribution is 2.37. The minimum Gasteiger partial charge on any atom is -0.274 e. The Morgan fingerprint density at radius 3 is 2.54 bits per heavy atom. The van der Waals surface area contributed by atoms with Crippen LogP contribution in [-0.2, 0) is 24.5 Å². The van der Waals surface area contributed by atoms with Crippen LogP contribution in [0.2, 0.25) is 9.36 Å². The maximum atomic E-state index is 13.1. The fourth-order valence-corrected chi connectivity index (χ4v) is 4.22. The first-order chi connectivity index (χ1) is 12.0. The molecule has 1 atom stereocenters. The molecular formula is C15H16Cl2F3N3O2S. The van der Waals surface area contributed by atoms with E-state index in [-0.39, 0.29) is 6.42 Å². The van der Waals surface area contributed by atoms with E-state index in [1.54, 1.807) is 13.8 Å². The molecule has 0 aromatic carbocycles. The predicted octanol–water partition coefficient (Wildman–Crippen LogP) is 4.75. The van der Waals surface area contributed by atoms with Gasteiger partial charge in [0.05, 0.1) is 28.1 Å². The van der Waals surface area contributed by atoms with E-state index < -0.39 is 29.4 Å². The summed E-state index contributed by atoms with van der Waals surface area (Å²) in [4.78, 5) is 18.5. The van der Waals surface area contributed by atoms with Gasteiger partial charge in [-0.05, 0) is 20.3 Å². The number of aryl methyl sites for hydroxylation is 2. The summed E-state index contributed by atoms with van der Waals surface area (Å²) in [5.74, 6) is -0.945. The maximum Gasteiger partial charge on any atom is 0.435 e. The Hall–Kier alpha value is -1.29. The lowest BCUT2D eigenvalue weighted by molar-refractivity contribution is -0.143. The van der Waals surface area contributed by atoms with E-state index in [0.717, 1.165) is 20.8 Å². The summed E-state index contributed by atoms with van der Waals surface area (Å²) in [5.41, 5.74) is -1.23. The smallest absolute Gasteiger partial charge is 0.274 e. The lowest BCUT2D eigenvalue weighted by Crippen LogP contribution is -2.39. The number of thiophene rings is 1. The molecule has 1 amide bonds. The Kier molecular flexibility index (Phi) is 6.27. The molecule has 0 saturated carbocycles. The average molecular weight is 430 g/mol. The number of amides is 1. The van der Waals surface area contributed by atoms with E-state index >= 15 is 0 Å². The summed E-state index contributed by atoms with van der Waals surface area (Å²) < 4.78 is 40.8. The van der Waals surface area contributed by atoms with E-state index in [4.69, 9.17) is 28.0 Å². The lowest BCUT2D eigenvalue weighted by atomic mass is 10.1. The van der Waals surface area contributed by atoms with Crippen LogP contribution in [0.15, 0.2) is 6.20 Å². The molecule has 2 aromatic heterocycles. The number of halogens is 5. The molecule has 2 heterocycles. The van der Waals surface area contributed by atoms with Crippen molar-refractivity contribution >= 4 is 40.4 Å². The van der Waals surface area contributed by atoms with Gasteiger partial charge in [-0.3, -0.25) is 14.3 Å². The van der Waals surface area contributed by atoms with Crippen molar-refractivity contribution in [3.63, 3.8) is 0 Å². The topological polar surface area (TPSA) is 47.4 Å². The normalized spacial score (nSPS) is 13.1. The molecule has 0 bridgehead atoms. The number of carbonyl (C=O) groups excluding carboxylic acids is 1. The van der Waals surface area contributed by atoms with E-state index in [1.165, 1.54) is 25.5 Å². The molecule has 5 nitrogen and oxygen atoms in total. The summed E-state index contributed by atoms with van der Waals surface area (Å²) in [5, 5.41) is 4.69.